The van der Waals surface area contributed by atoms with E-state index in [1.165, 1.54) is 18.4 Å². The second kappa shape index (κ2) is 16.5. The zero-order valence-corrected chi connectivity index (χ0v) is 28.4. The van der Waals surface area contributed by atoms with Crippen molar-refractivity contribution < 1.29 is 14.4 Å². The minimum atomic E-state index is -0.382. The Labute approximate surface area is 273 Å². The molecule has 1 unspecified atom stereocenters. The number of amides is 2. The predicted molar refractivity (Wildman–Crippen MR) is 185 cm³/mol. The van der Waals surface area contributed by atoms with Gasteiger partial charge in [-0.1, -0.05) is 50.0 Å². The summed E-state index contributed by atoms with van der Waals surface area (Å²) in [7, 11) is 2.15. The highest BCUT2D eigenvalue weighted by molar-refractivity contribution is 6.08. The van der Waals surface area contributed by atoms with Gasteiger partial charge < -0.3 is 10.2 Å². The lowest BCUT2D eigenvalue weighted by molar-refractivity contribution is -0.122. The van der Waals surface area contributed by atoms with E-state index >= 15 is 0 Å². The number of fused-ring (bicyclic) bond motifs is 1. The molecule has 0 aliphatic carbocycles. The topological polar surface area (TPSA) is 110 Å². The van der Waals surface area contributed by atoms with Gasteiger partial charge in [0.2, 0.25) is 5.91 Å². The largest absolute Gasteiger partial charge is 0.355 e. The molecule has 3 heterocycles. The normalized spacial score (nSPS) is 15.0. The molecule has 0 bridgehead atoms. The zero-order valence-electron chi connectivity index (χ0n) is 28.4. The Hall–Kier alpha value is -3.98. The monoisotopic (exact) mass is 626 g/mol. The van der Waals surface area contributed by atoms with Gasteiger partial charge in [-0.3, -0.25) is 14.4 Å². The number of aliphatic imine (C=N–C) groups is 1. The van der Waals surface area contributed by atoms with Crippen LogP contribution in [0.2, 0.25) is 0 Å². The number of hydrogen-bond acceptors (Lipinski definition) is 6. The van der Waals surface area contributed by atoms with E-state index in [1.54, 1.807) is 13.1 Å². The van der Waals surface area contributed by atoms with Crippen LogP contribution in [-0.4, -0.2) is 63.1 Å². The van der Waals surface area contributed by atoms with Crippen LogP contribution in [0.3, 0.4) is 0 Å². The van der Waals surface area contributed by atoms with E-state index in [2.05, 4.69) is 72.4 Å². The molecule has 46 heavy (non-hydrogen) atoms. The molecule has 1 aliphatic rings. The number of allylic oxidation sites excluding steroid dienone is 1. The van der Waals surface area contributed by atoms with Crippen LogP contribution < -0.4 is 5.32 Å². The molecule has 1 aromatic carbocycles. The molecule has 0 radical (unpaired) electrons. The number of carbonyl (C=O) groups is 3. The van der Waals surface area contributed by atoms with Gasteiger partial charge in [0, 0.05) is 54.2 Å². The Kier molecular flexibility index (Phi) is 12.5. The standard InChI is InChI=1S/C37H50N6O3/c1-7-8-18-42(6)24-28-14-13-15-29(20-28)33-21-30(32-23-39-43(25(2)3)36(32)41-33)34(44)16-11-9-10-12-17-35(45)38-22-31-26(4)19-27(5)40-37(31)46/h13-15,19-21,23,25,31H,7-12,16-18,22,24H2,1-6H3,(H,38,45). The maximum atomic E-state index is 13.6. The molecule has 9 heteroatoms. The molecule has 0 saturated heterocycles. The summed E-state index contributed by atoms with van der Waals surface area (Å²) in [5, 5.41) is 8.25. The number of unbranched alkanes of at least 4 members (excludes halogenated alkanes) is 4. The minimum Gasteiger partial charge on any atom is -0.355 e. The van der Waals surface area contributed by atoms with Crippen molar-refractivity contribution in [1.29, 1.82) is 0 Å². The molecule has 0 saturated carbocycles. The predicted octanol–water partition coefficient (Wildman–Crippen LogP) is 7.11. The molecule has 0 spiro atoms. The molecule has 1 N–H and O–H groups in total. The Morgan fingerprint density at radius 2 is 1.80 bits per heavy atom. The third kappa shape index (κ3) is 9.28. The molecule has 0 fully saturated rings. The van der Waals surface area contributed by atoms with Gasteiger partial charge in [0.15, 0.2) is 11.4 Å². The fraction of sp³-hybridized carbons (Fsp3) is 0.514. The fourth-order valence-corrected chi connectivity index (χ4v) is 5.94. The number of nitrogens with zero attached hydrogens (tertiary/aromatic N) is 5. The summed E-state index contributed by atoms with van der Waals surface area (Å²) < 4.78 is 1.89. The summed E-state index contributed by atoms with van der Waals surface area (Å²) in [5.41, 5.74) is 6.02. The van der Waals surface area contributed by atoms with Gasteiger partial charge in [0.25, 0.3) is 5.91 Å². The van der Waals surface area contributed by atoms with Gasteiger partial charge in [0.1, 0.15) is 0 Å². The van der Waals surface area contributed by atoms with E-state index in [-0.39, 0.29) is 36.1 Å². The van der Waals surface area contributed by atoms with Gasteiger partial charge >= 0.3 is 0 Å². The third-order valence-corrected chi connectivity index (χ3v) is 8.56. The van der Waals surface area contributed by atoms with Gasteiger partial charge in [-0.15, -0.1) is 0 Å². The lowest BCUT2D eigenvalue weighted by Crippen LogP contribution is -2.34. The Balaban J connectivity index is 1.34. The van der Waals surface area contributed by atoms with Crippen LogP contribution in [-0.2, 0) is 16.1 Å². The van der Waals surface area contributed by atoms with Crippen LogP contribution in [0.4, 0.5) is 0 Å². The van der Waals surface area contributed by atoms with Gasteiger partial charge in [-0.25, -0.2) is 14.7 Å². The number of dihydropyridines is 1. The van der Waals surface area contributed by atoms with Gasteiger partial charge in [-0.05, 0) is 84.3 Å². The van der Waals surface area contributed by atoms with E-state index in [0.717, 1.165) is 66.6 Å². The van der Waals surface area contributed by atoms with Crippen LogP contribution >= 0.6 is 0 Å². The summed E-state index contributed by atoms with van der Waals surface area (Å²) in [6, 6.07) is 10.5. The minimum absolute atomic E-state index is 0.0616. The Bertz CT molecular complexity index is 1600. The van der Waals surface area contributed by atoms with Crippen LogP contribution in [0.1, 0.15) is 108 Å². The number of pyridine rings is 1. The second-order valence-corrected chi connectivity index (χ2v) is 12.9. The van der Waals surface area contributed by atoms with Crippen molar-refractivity contribution in [3.05, 3.63) is 59.3 Å². The highest BCUT2D eigenvalue weighted by Gasteiger charge is 2.24. The van der Waals surface area contributed by atoms with Crippen molar-refractivity contribution in [1.82, 2.24) is 25.0 Å². The average molecular weight is 627 g/mol. The fourth-order valence-electron chi connectivity index (χ4n) is 5.94. The molecule has 246 valence electrons. The summed E-state index contributed by atoms with van der Waals surface area (Å²) in [5.74, 6) is -0.554. The number of hydrogen-bond donors (Lipinski definition) is 1. The second-order valence-electron chi connectivity index (χ2n) is 12.9. The molecule has 2 aromatic heterocycles. The Morgan fingerprint density at radius 1 is 1.04 bits per heavy atom. The summed E-state index contributed by atoms with van der Waals surface area (Å²) in [4.78, 5) is 49.5. The van der Waals surface area contributed by atoms with Crippen LogP contribution in [0.25, 0.3) is 22.3 Å². The highest BCUT2D eigenvalue weighted by Crippen LogP contribution is 2.28. The van der Waals surface area contributed by atoms with E-state index in [0.29, 0.717) is 24.1 Å². The van der Waals surface area contributed by atoms with Crippen molar-refractivity contribution in [3.63, 3.8) is 0 Å². The van der Waals surface area contributed by atoms with Crippen molar-refractivity contribution in [2.24, 2.45) is 10.9 Å². The third-order valence-electron chi connectivity index (χ3n) is 8.56. The summed E-state index contributed by atoms with van der Waals surface area (Å²) in [6.07, 6.45) is 10.0. The van der Waals surface area contributed by atoms with E-state index in [9.17, 15) is 14.4 Å². The number of nitrogens with one attached hydrogen (secondary N) is 1. The summed E-state index contributed by atoms with van der Waals surface area (Å²) in [6.45, 7) is 12.2. The van der Waals surface area contributed by atoms with Crippen molar-refractivity contribution in [2.45, 2.75) is 98.6 Å². The first-order valence-corrected chi connectivity index (χ1v) is 16.8. The lowest BCUT2D eigenvalue weighted by Gasteiger charge is -2.18. The van der Waals surface area contributed by atoms with Crippen molar-refractivity contribution >= 4 is 34.3 Å². The SMILES string of the molecule is CCCCN(C)Cc1cccc(-c2cc(C(=O)CCCCCCC(=O)NCC3C(=O)N=C(C)C=C3C)c3cnn(C(C)C)c3n2)c1. The molecule has 2 amide bonds. The van der Waals surface area contributed by atoms with Crippen LogP contribution in [0, 0.1) is 5.92 Å². The first-order valence-electron chi connectivity index (χ1n) is 16.8. The number of rotatable bonds is 17. The van der Waals surface area contributed by atoms with Gasteiger partial charge in [-0.2, -0.15) is 5.10 Å². The number of benzene rings is 1. The van der Waals surface area contributed by atoms with Crippen LogP contribution in [0.15, 0.2) is 53.2 Å². The maximum Gasteiger partial charge on any atom is 0.254 e. The molecule has 9 nitrogen and oxygen atoms in total. The first-order chi connectivity index (χ1) is 22.1. The molecule has 1 aliphatic heterocycles. The number of aromatic nitrogens is 3. The molecule has 3 aromatic rings. The smallest absolute Gasteiger partial charge is 0.254 e. The molecule has 1 atom stereocenters. The molecule has 4 rings (SSSR count). The first kappa shape index (κ1) is 34.9. The van der Waals surface area contributed by atoms with E-state index in [1.807, 2.05) is 23.7 Å². The van der Waals surface area contributed by atoms with E-state index < -0.39 is 0 Å². The quantitative estimate of drug-likeness (QED) is 0.126. The van der Waals surface area contributed by atoms with Crippen LogP contribution in [0.5, 0.6) is 0 Å². The molecular formula is C37H50N6O3. The Morgan fingerprint density at radius 3 is 2.52 bits per heavy atom. The van der Waals surface area contributed by atoms with E-state index in [4.69, 9.17) is 4.98 Å². The van der Waals surface area contributed by atoms with Crippen molar-refractivity contribution in [2.75, 3.05) is 20.1 Å². The summed E-state index contributed by atoms with van der Waals surface area (Å²) >= 11 is 0. The van der Waals surface area contributed by atoms with Gasteiger partial charge in [0.05, 0.1) is 17.8 Å². The zero-order chi connectivity index (χ0) is 33.2. The highest BCUT2D eigenvalue weighted by atomic mass is 16.2. The molecular weight excluding hydrogens is 576 g/mol. The number of carbonyl (C=O) groups excluding carboxylic acids is 3. The van der Waals surface area contributed by atoms with Crippen molar-refractivity contribution in [3.8, 4) is 11.3 Å². The lowest BCUT2D eigenvalue weighted by atomic mass is 9.96. The average Bonchev–Trinajstić information content (AvgIpc) is 3.45. The maximum absolute atomic E-state index is 13.6. The number of Topliss-reactive ketones (excluding diaryl/α,β-unsaturated/α-hetero) is 1. The number of ketones is 1.